The Kier molecular flexibility index (Phi) is 31.1. The number of pyridine rings is 2. The van der Waals surface area contributed by atoms with Crippen LogP contribution in [0, 0.1) is 78.9 Å². The molecule has 2 aromatic heterocycles. The summed E-state index contributed by atoms with van der Waals surface area (Å²) in [6, 6.07) is 20.7. The number of methoxy groups -OCH3 is 2. The van der Waals surface area contributed by atoms with Crippen molar-refractivity contribution in [2.45, 2.75) is 178 Å². The van der Waals surface area contributed by atoms with E-state index in [4.69, 9.17) is 14.2 Å². The maximum Gasteiger partial charge on any atom is 1.00 e. The Morgan fingerprint density at radius 1 is 0.537 bits per heavy atom. The summed E-state index contributed by atoms with van der Waals surface area (Å²) < 4.78 is 51.0. The number of aromatic nitrogens is 2. The first-order chi connectivity index (χ1) is 43.6. The first kappa shape index (κ1) is 80.7. The average Bonchev–Trinajstić information content (AvgIpc) is 0.798. The first-order valence-corrected chi connectivity index (χ1v) is 32.7. The van der Waals surface area contributed by atoms with Crippen LogP contribution in [0.3, 0.4) is 0 Å². The van der Waals surface area contributed by atoms with E-state index in [2.05, 4.69) is 9.80 Å². The van der Waals surface area contributed by atoms with E-state index >= 15 is 8.78 Å². The summed E-state index contributed by atoms with van der Waals surface area (Å²) >= 11 is 0. The second kappa shape index (κ2) is 36.6. The third-order valence-electron chi connectivity index (χ3n) is 18.5. The fraction of sp³-hybridized carbons (Fsp3) is 0.500. The van der Waals surface area contributed by atoms with Gasteiger partial charge in [0.25, 0.3) is 11.1 Å². The summed E-state index contributed by atoms with van der Waals surface area (Å²) in [6.45, 7) is 30.3. The SMILES string of the molecule is CCOC(=O)C[C@H](CC(=O)C(CC(C)C)n1cc(CCN2CC(OC)C2)c(C)cc1=O)c1cc(-c2c(C)cccc2C)cc(C)c1F.COC1CN(CCc2cn(C(CC(C)C)C(=O)C[C@@H](CC(=O)O)c3cc(-c4c(C)cccc4C)cc(C)c3F)c(=O)cc2C)C1.[Li+].[OH-].[OH-]. The second-order valence-electron chi connectivity index (χ2n) is 26.7. The van der Waals surface area contributed by atoms with Crippen LogP contribution in [-0.2, 0) is 46.2 Å². The smallest absolute Gasteiger partial charge is 0.870 e. The van der Waals surface area contributed by atoms with Gasteiger partial charge in [-0.2, -0.15) is 0 Å². The van der Waals surface area contributed by atoms with Gasteiger partial charge in [0.1, 0.15) is 11.6 Å². The molecule has 0 aliphatic carbocycles. The zero-order valence-electron chi connectivity index (χ0n) is 58.9. The molecule has 19 heteroatoms. The van der Waals surface area contributed by atoms with Crippen molar-refractivity contribution >= 4 is 23.5 Å². The third-order valence-corrected chi connectivity index (χ3v) is 18.5. The summed E-state index contributed by atoms with van der Waals surface area (Å²) in [7, 11) is 3.44. The second-order valence-corrected chi connectivity index (χ2v) is 26.7. The molecule has 0 radical (unpaired) electrons. The van der Waals surface area contributed by atoms with Crippen molar-refractivity contribution < 1.29 is 77.1 Å². The molecule has 4 atom stereocenters. The minimum Gasteiger partial charge on any atom is -0.870 e. The molecule has 6 aromatic rings. The Morgan fingerprint density at radius 3 is 1.22 bits per heavy atom. The van der Waals surface area contributed by atoms with Crippen molar-refractivity contribution in [2.75, 3.05) is 60.1 Å². The van der Waals surface area contributed by atoms with Gasteiger partial charge in [-0.25, -0.2) is 8.78 Å². The number of aryl methyl sites for hydroxylation is 8. The Morgan fingerprint density at radius 2 is 0.895 bits per heavy atom. The largest absolute Gasteiger partial charge is 1.00 e. The number of halogens is 2. The number of Topliss-reactive ketones (excluding diaryl/α,β-unsaturated/α-hetero) is 2. The molecule has 16 nitrogen and oxygen atoms in total. The Balaban J connectivity index is 0.000000392. The molecular weight excluding hydrogens is 1210 g/mol. The molecule has 512 valence electrons. The number of carboxylic acids is 1. The number of hydrogen-bond acceptors (Lipinski definition) is 13. The van der Waals surface area contributed by atoms with E-state index in [1.807, 2.05) is 118 Å². The zero-order chi connectivity index (χ0) is 67.4. The predicted octanol–water partition coefficient (Wildman–Crippen LogP) is 10.3. The topological polar surface area (TPSA) is 227 Å². The molecule has 4 heterocycles. The monoisotopic (exact) mass is 1310 g/mol. The van der Waals surface area contributed by atoms with Gasteiger partial charge < -0.3 is 39.4 Å². The van der Waals surface area contributed by atoms with Crippen LogP contribution < -0.4 is 30.0 Å². The first-order valence-electron chi connectivity index (χ1n) is 32.7. The van der Waals surface area contributed by atoms with E-state index in [9.17, 15) is 33.9 Å². The molecule has 2 unspecified atom stereocenters. The summed E-state index contributed by atoms with van der Waals surface area (Å²) in [5, 5.41) is 9.87. The molecule has 0 spiro atoms. The minimum absolute atomic E-state index is 0. The van der Waals surface area contributed by atoms with Gasteiger partial charge in [0.2, 0.25) is 0 Å². The molecule has 2 aliphatic heterocycles. The van der Waals surface area contributed by atoms with Gasteiger partial charge in [0.15, 0.2) is 11.6 Å². The molecule has 3 N–H and O–H groups in total. The van der Waals surface area contributed by atoms with E-state index in [1.165, 1.54) is 4.57 Å². The number of likely N-dealkylation sites (tertiary alicyclic amines) is 2. The molecule has 2 saturated heterocycles. The van der Waals surface area contributed by atoms with Crippen LogP contribution in [0.1, 0.15) is 164 Å². The Labute approximate surface area is 572 Å². The standard InChI is InChI=1S/C39H51FN2O5.C37H47FN2O5.Li.2H2O/c1-9-47-37(45)20-30(33-18-31(16-28(7)39(33)40)38-25(4)11-10-12-26(38)5)19-35(43)34(15-24(2)3)42-21-29(27(6)17-36(42)44)13-14-41-22-32(23-41)46-8;1-22(2)13-32(40-19-27(25(5)15-34(40)42)11-12-39-20-30(21-39)45-7)33(41)17-28(18-35(43)44)31-16-29(14-26(6)37(31)38)36-23(3)9-8-10-24(36)4;;;/h10-12,16-18,21,24,30,32,34H,9,13-15,19-20,22-23H2,1-8H3;8-10,14-16,19,22,28,30,32H,11-13,17-18,20-21H2,1-7H3,(H,43,44);;2*1H2/q;;+1;;/p-2/t30-,34?;28-,32?;;;/m00.../s1. The minimum atomic E-state index is -1.11. The summed E-state index contributed by atoms with van der Waals surface area (Å²) in [4.78, 5) is 84.8. The van der Waals surface area contributed by atoms with Gasteiger partial charge in [-0.05, 0) is 213 Å². The van der Waals surface area contributed by atoms with Crippen molar-refractivity contribution in [3.8, 4) is 22.3 Å². The van der Waals surface area contributed by atoms with Gasteiger partial charge in [0.05, 0.1) is 43.7 Å². The van der Waals surface area contributed by atoms with E-state index < -0.39 is 53.9 Å². The van der Waals surface area contributed by atoms with Crippen LogP contribution in [0.2, 0.25) is 0 Å². The number of rotatable bonds is 29. The zero-order valence-corrected chi connectivity index (χ0v) is 58.9. The number of ketones is 2. The molecule has 2 aliphatic rings. The molecule has 0 saturated carbocycles. The van der Waals surface area contributed by atoms with Crippen molar-refractivity contribution in [2.24, 2.45) is 11.8 Å². The van der Waals surface area contributed by atoms with Crippen LogP contribution in [-0.4, -0.2) is 131 Å². The molecule has 8 rings (SSSR count). The maximum atomic E-state index is 16.0. The fourth-order valence-corrected chi connectivity index (χ4v) is 13.3. The van der Waals surface area contributed by atoms with Crippen LogP contribution in [0.15, 0.2) is 94.8 Å². The number of nitrogens with zero attached hydrogens (tertiary/aromatic N) is 4. The van der Waals surface area contributed by atoms with E-state index in [-0.39, 0.29) is 108 Å². The van der Waals surface area contributed by atoms with Crippen molar-refractivity contribution in [3.63, 3.8) is 0 Å². The van der Waals surface area contributed by atoms with E-state index in [1.54, 1.807) is 76.1 Å². The Hall–Kier alpha value is -6.72. The number of benzene rings is 4. The van der Waals surface area contributed by atoms with E-state index in [0.29, 0.717) is 29.5 Å². The maximum absolute atomic E-state index is 16.0. The molecule has 0 bridgehead atoms. The molecule has 95 heavy (non-hydrogen) atoms. The Bertz CT molecular complexity index is 3700. The van der Waals surface area contributed by atoms with Crippen LogP contribution >= 0.6 is 0 Å². The number of carboxylic acid groups (broad SMARTS) is 1. The van der Waals surface area contributed by atoms with Gasteiger partial charge in [-0.1, -0.05) is 64.1 Å². The number of aliphatic carboxylic acids is 1. The number of hydrogen-bond donors (Lipinski definition) is 1. The summed E-state index contributed by atoms with van der Waals surface area (Å²) in [5.41, 5.74) is 12.4. The number of esters is 1. The predicted molar refractivity (Wildman–Crippen MR) is 364 cm³/mol. The molecule has 0 amide bonds. The van der Waals surface area contributed by atoms with E-state index in [0.717, 1.165) is 119 Å². The van der Waals surface area contributed by atoms with Crippen molar-refractivity contribution in [1.82, 2.24) is 18.9 Å². The quantitative estimate of drug-likeness (QED) is 0.0341. The van der Waals surface area contributed by atoms with Gasteiger partial charge in [0, 0.05) is 103 Å². The number of carbonyl (C=O) groups excluding carboxylic acids is 3. The molecule has 2 fully saturated rings. The van der Waals surface area contributed by atoms with Gasteiger partial charge in [-0.3, -0.25) is 38.6 Å². The van der Waals surface area contributed by atoms with Crippen LogP contribution in [0.25, 0.3) is 22.3 Å². The third kappa shape index (κ3) is 20.9. The van der Waals surface area contributed by atoms with Gasteiger partial charge >= 0.3 is 30.8 Å². The van der Waals surface area contributed by atoms with Crippen molar-refractivity contribution in [1.29, 1.82) is 0 Å². The fourth-order valence-electron chi connectivity index (χ4n) is 13.3. The molecule has 4 aromatic carbocycles. The summed E-state index contributed by atoms with van der Waals surface area (Å²) in [6.07, 6.45) is 5.62. The van der Waals surface area contributed by atoms with Crippen molar-refractivity contribution in [3.05, 3.63) is 184 Å². The summed E-state index contributed by atoms with van der Waals surface area (Å²) in [5.74, 6) is -4.46. The van der Waals surface area contributed by atoms with Crippen LogP contribution in [0.4, 0.5) is 8.78 Å². The van der Waals surface area contributed by atoms with Crippen LogP contribution in [0.5, 0.6) is 0 Å². The number of carbonyl (C=O) groups is 4. The van der Waals surface area contributed by atoms with Gasteiger partial charge in [-0.15, -0.1) is 0 Å². The normalized spacial score (nSPS) is 14.6. The molecular formula is C76H100F2LiN4O12-. The average molecular weight is 1310 g/mol. The number of ether oxygens (including phenoxy) is 3.